The summed E-state index contributed by atoms with van der Waals surface area (Å²) < 4.78 is 0. The third-order valence-corrected chi connectivity index (χ3v) is 7.21. The van der Waals surface area contributed by atoms with Gasteiger partial charge in [-0.05, 0) is 68.9 Å². The van der Waals surface area contributed by atoms with Crippen LogP contribution in [-0.2, 0) is 16.1 Å². The summed E-state index contributed by atoms with van der Waals surface area (Å²) in [5, 5.41) is 0. The molecule has 0 unspecified atom stereocenters. The summed E-state index contributed by atoms with van der Waals surface area (Å²) in [7, 11) is 1.87. The fraction of sp³-hybridized carbons (Fsp3) is 0.591. The first-order valence-corrected chi connectivity index (χ1v) is 10.4. The van der Waals surface area contributed by atoms with Crippen LogP contribution < -0.4 is 0 Å². The van der Waals surface area contributed by atoms with Gasteiger partial charge in [-0.2, -0.15) is 0 Å². The Kier molecular flexibility index (Phi) is 4.09. The second kappa shape index (κ2) is 6.41. The maximum Gasteiger partial charge on any atom is 0.335 e. The Morgan fingerprint density at radius 1 is 0.929 bits per heavy atom. The molecule has 0 radical (unpaired) electrons. The molecule has 0 atom stereocenters. The van der Waals surface area contributed by atoms with Crippen molar-refractivity contribution >= 4 is 17.8 Å². The molecule has 6 heteroatoms. The number of rotatable bonds is 5. The van der Waals surface area contributed by atoms with Crippen LogP contribution in [0.15, 0.2) is 30.3 Å². The molecule has 4 amide bonds. The molecule has 0 spiro atoms. The van der Waals surface area contributed by atoms with Gasteiger partial charge in [-0.3, -0.25) is 14.5 Å². The van der Waals surface area contributed by atoms with Crippen molar-refractivity contribution in [1.82, 2.24) is 14.7 Å². The van der Waals surface area contributed by atoms with Crippen LogP contribution in [0.3, 0.4) is 0 Å². The Labute approximate surface area is 165 Å². The molecule has 5 aliphatic rings. The van der Waals surface area contributed by atoms with Crippen LogP contribution in [0.5, 0.6) is 0 Å². The lowest BCUT2D eigenvalue weighted by atomic mass is 9.52. The van der Waals surface area contributed by atoms with Crippen molar-refractivity contribution in [2.75, 3.05) is 13.7 Å². The molecular formula is C22H27N3O3. The number of nitrogens with zero attached hydrogens (tertiary/aromatic N) is 3. The Balaban J connectivity index is 1.34. The first-order chi connectivity index (χ1) is 13.4. The molecular weight excluding hydrogens is 354 g/mol. The van der Waals surface area contributed by atoms with Crippen LogP contribution in [-0.4, -0.2) is 51.8 Å². The maximum atomic E-state index is 13.2. The van der Waals surface area contributed by atoms with Gasteiger partial charge in [-0.15, -0.1) is 0 Å². The van der Waals surface area contributed by atoms with Crippen molar-refractivity contribution in [3.63, 3.8) is 0 Å². The van der Waals surface area contributed by atoms with Crippen molar-refractivity contribution < 1.29 is 14.4 Å². The van der Waals surface area contributed by atoms with Crippen LogP contribution >= 0.6 is 0 Å². The van der Waals surface area contributed by atoms with E-state index in [4.69, 9.17) is 0 Å². The number of urea groups is 1. The van der Waals surface area contributed by atoms with Gasteiger partial charge in [0.05, 0.1) is 12.2 Å². The minimum Gasteiger partial charge on any atom is -0.284 e. The molecule has 6 nitrogen and oxygen atoms in total. The average Bonchev–Trinajstić information content (AvgIpc) is 2.85. The van der Waals surface area contributed by atoms with E-state index in [2.05, 4.69) is 0 Å². The van der Waals surface area contributed by atoms with Gasteiger partial charge in [0.2, 0.25) is 0 Å². The average molecular weight is 381 g/mol. The lowest BCUT2D eigenvalue weighted by Crippen LogP contribution is -2.62. The fourth-order valence-electron chi connectivity index (χ4n) is 6.57. The molecule has 148 valence electrons. The van der Waals surface area contributed by atoms with E-state index in [0.29, 0.717) is 24.3 Å². The number of benzene rings is 1. The van der Waals surface area contributed by atoms with Crippen molar-refractivity contribution in [2.45, 2.75) is 50.6 Å². The van der Waals surface area contributed by atoms with Gasteiger partial charge in [0, 0.05) is 6.54 Å². The van der Waals surface area contributed by atoms with Crippen molar-refractivity contribution in [3.05, 3.63) is 35.9 Å². The Morgan fingerprint density at radius 2 is 1.50 bits per heavy atom. The summed E-state index contributed by atoms with van der Waals surface area (Å²) in [5.41, 5.74) is 0.694. The highest BCUT2D eigenvalue weighted by Gasteiger charge is 2.61. The van der Waals surface area contributed by atoms with Gasteiger partial charge >= 0.3 is 17.8 Å². The third-order valence-electron chi connectivity index (χ3n) is 7.21. The van der Waals surface area contributed by atoms with Crippen LogP contribution in [0.2, 0.25) is 0 Å². The summed E-state index contributed by atoms with van der Waals surface area (Å²) in [6.45, 7) is 0.755. The van der Waals surface area contributed by atoms with E-state index in [0.717, 1.165) is 29.7 Å². The SMILES string of the molecule is CN(Cc1ccccc1)CN1C(=O)C(=O)N(C23CC4CC(CC(C4)C2)C3)C1=O. The lowest BCUT2D eigenvalue weighted by molar-refractivity contribution is -0.150. The van der Waals surface area contributed by atoms with Gasteiger partial charge in [0.15, 0.2) is 0 Å². The predicted molar refractivity (Wildman–Crippen MR) is 103 cm³/mol. The summed E-state index contributed by atoms with van der Waals surface area (Å²) in [6.07, 6.45) is 6.35. The van der Waals surface area contributed by atoms with E-state index in [1.807, 2.05) is 42.3 Å². The number of imide groups is 2. The van der Waals surface area contributed by atoms with E-state index in [9.17, 15) is 14.4 Å². The van der Waals surface area contributed by atoms with Gasteiger partial charge in [0.25, 0.3) is 0 Å². The molecule has 4 aliphatic carbocycles. The number of carbonyl (C=O) groups is 3. The zero-order valence-corrected chi connectivity index (χ0v) is 16.3. The molecule has 0 aromatic heterocycles. The van der Waals surface area contributed by atoms with Crippen LogP contribution in [0.4, 0.5) is 4.79 Å². The Hall–Kier alpha value is -2.21. The molecule has 5 fully saturated rings. The van der Waals surface area contributed by atoms with E-state index in [-0.39, 0.29) is 6.67 Å². The number of amides is 4. The third kappa shape index (κ3) is 2.77. The van der Waals surface area contributed by atoms with E-state index >= 15 is 0 Å². The van der Waals surface area contributed by atoms with Crippen LogP contribution in [0, 0.1) is 17.8 Å². The highest BCUT2D eigenvalue weighted by molar-refractivity contribution is 6.44. The fourth-order valence-corrected chi connectivity index (χ4v) is 6.57. The summed E-state index contributed by atoms with van der Waals surface area (Å²) in [4.78, 5) is 43.2. The highest BCUT2D eigenvalue weighted by atomic mass is 16.2. The zero-order valence-electron chi connectivity index (χ0n) is 16.3. The van der Waals surface area contributed by atoms with Crippen LogP contribution in [0.25, 0.3) is 0 Å². The molecule has 1 saturated heterocycles. The molecule has 6 rings (SSSR count). The van der Waals surface area contributed by atoms with Crippen LogP contribution in [0.1, 0.15) is 44.1 Å². The smallest absolute Gasteiger partial charge is 0.284 e. The summed E-state index contributed by atoms with van der Waals surface area (Å²) in [6, 6.07) is 9.51. The van der Waals surface area contributed by atoms with E-state index in [1.165, 1.54) is 24.2 Å². The van der Waals surface area contributed by atoms with Gasteiger partial charge in [-0.25, -0.2) is 14.6 Å². The predicted octanol–water partition coefficient (Wildman–Crippen LogP) is 2.84. The number of hydrogen-bond donors (Lipinski definition) is 0. The lowest BCUT2D eigenvalue weighted by Gasteiger charge is -2.58. The zero-order chi connectivity index (χ0) is 19.5. The quantitative estimate of drug-likeness (QED) is 0.581. The normalized spacial score (nSPS) is 34.2. The van der Waals surface area contributed by atoms with E-state index < -0.39 is 23.4 Å². The molecule has 1 heterocycles. The van der Waals surface area contributed by atoms with Crippen molar-refractivity contribution in [1.29, 1.82) is 0 Å². The minimum atomic E-state index is -0.666. The Morgan fingerprint density at radius 3 is 2.07 bits per heavy atom. The highest BCUT2D eigenvalue weighted by Crippen LogP contribution is 2.58. The minimum absolute atomic E-state index is 0.140. The summed E-state index contributed by atoms with van der Waals surface area (Å²) in [5.74, 6) is 0.547. The molecule has 4 bridgehead atoms. The van der Waals surface area contributed by atoms with Crippen molar-refractivity contribution in [3.8, 4) is 0 Å². The molecule has 1 aromatic rings. The number of hydrogen-bond acceptors (Lipinski definition) is 4. The molecule has 28 heavy (non-hydrogen) atoms. The van der Waals surface area contributed by atoms with E-state index in [1.54, 1.807) is 0 Å². The summed E-state index contributed by atoms with van der Waals surface area (Å²) >= 11 is 0. The largest absolute Gasteiger partial charge is 0.335 e. The topological polar surface area (TPSA) is 60.9 Å². The standard InChI is InChI=1S/C22H27N3O3/c1-23(13-15-5-3-2-4-6-15)14-24-19(26)20(27)25(21(24)28)22-10-16-7-17(11-22)9-18(8-16)12-22/h2-6,16-18H,7-14H2,1H3. The molecule has 4 saturated carbocycles. The van der Waals surface area contributed by atoms with Gasteiger partial charge < -0.3 is 0 Å². The second-order valence-corrected chi connectivity index (χ2v) is 9.44. The first-order valence-electron chi connectivity index (χ1n) is 10.4. The monoisotopic (exact) mass is 381 g/mol. The second-order valence-electron chi connectivity index (χ2n) is 9.44. The molecule has 1 aliphatic heterocycles. The molecule has 0 N–H and O–H groups in total. The molecule has 1 aromatic carbocycles. The van der Waals surface area contributed by atoms with Gasteiger partial charge in [-0.1, -0.05) is 30.3 Å². The first kappa shape index (κ1) is 17.9. The maximum absolute atomic E-state index is 13.2. The van der Waals surface area contributed by atoms with Gasteiger partial charge in [0.1, 0.15) is 0 Å². The Bertz CT molecular complexity index is 786. The van der Waals surface area contributed by atoms with Crippen molar-refractivity contribution in [2.24, 2.45) is 17.8 Å². The number of carbonyl (C=O) groups excluding carboxylic acids is 3.